The van der Waals surface area contributed by atoms with Crippen LogP contribution in [0.25, 0.3) is 0 Å². The van der Waals surface area contributed by atoms with E-state index in [1.54, 1.807) is 0 Å². The Morgan fingerprint density at radius 3 is 1.57 bits per heavy atom. The van der Waals surface area contributed by atoms with Gasteiger partial charge in [-0.05, 0) is 24.2 Å². The van der Waals surface area contributed by atoms with Crippen LogP contribution in [0.2, 0.25) is 0 Å². The van der Waals surface area contributed by atoms with Crippen molar-refractivity contribution < 1.29 is 19.1 Å². The van der Waals surface area contributed by atoms with Crippen LogP contribution in [0.4, 0.5) is 0 Å². The van der Waals surface area contributed by atoms with Gasteiger partial charge in [0, 0.05) is 5.57 Å². The maximum absolute atomic E-state index is 12.2. The Morgan fingerprint density at radius 1 is 0.810 bits per heavy atom. The van der Waals surface area contributed by atoms with Crippen LogP contribution >= 0.6 is 0 Å². The molecular weight excluding hydrogens is 268 g/mol. The minimum Gasteiger partial charge on any atom is -0.462 e. The topological polar surface area (TPSA) is 52.6 Å². The standard InChI is InChI=1S/C17H30O4/c1-8-14(16(18)20-9-11(2)3)15(13(6)7)17(19)21-10-12(4)5/h11-13H,8-10H2,1-7H3/b15-14-. The van der Waals surface area contributed by atoms with E-state index in [2.05, 4.69) is 0 Å². The van der Waals surface area contributed by atoms with Crippen molar-refractivity contribution in [2.75, 3.05) is 13.2 Å². The van der Waals surface area contributed by atoms with E-state index in [0.717, 1.165) is 0 Å². The summed E-state index contributed by atoms with van der Waals surface area (Å²) in [4.78, 5) is 24.4. The predicted molar refractivity (Wildman–Crippen MR) is 83.7 cm³/mol. The molecule has 4 nitrogen and oxygen atoms in total. The molecule has 0 saturated carbocycles. The van der Waals surface area contributed by atoms with Gasteiger partial charge in [-0.25, -0.2) is 9.59 Å². The van der Waals surface area contributed by atoms with Crippen LogP contribution in [0, 0.1) is 17.8 Å². The van der Waals surface area contributed by atoms with Gasteiger partial charge in [0.1, 0.15) is 0 Å². The summed E-state index contributed by atoms with van der Waals surface area (Å²) in [6.45, 7) is 14.2. The van der Waals surface area contributed by atoms with Crippen molar-refractivity contribution in [2.45, 2.75) is 54.9 Å². The molecule has 0 rings (SSSR count). The molecule has 122 valence electrons. The number of ether oxygens (including phenoxy) is 2. The Labute approximate surface area is 128 Å². The zero-order chi connectivity index (χ0) is 16.6. The van der Waals surface area contributed by atoms with Gasteiger partial charge in [0.05, 0.1) is 18.8 Å². The van der Waals surface area contributed by atoms with E-state index in [9.17, 15) is 9.59 Å². The summed E-state index contributed by atoms with van der Waals surface area (Å²) in [5.74, 6) is -0.359. The Kier molecular flexibility index (Phi) is 8.98. The molecule has 0 amide bonds. The van der Waals surface area contributed by atoms with Gasteiger partial charge < -0.3 is 9.47 Å². The molecule has 0 aromatic carbocycles. The van der Waals surface area contributed by atoms with Crippen molar-refractivity contribution in [1.82, 2.24) is 0 Å². The Morgan fingerprint density at radius 2 is 1.24 bits per heavy atom. The highest BCUT2D eigenvalue weighted by atomic mass is 16.5. The maximum atomic E-state index is 12.2. The second kappa shape index (κ2) is 9.59. The second-order valence-corrected chi connectivity index (χ2v) is 6.39. The van der Waals surface area contributed by atoms with Crippen molar-refractivity contribution in [1.29, 1.82) is 0 Å². The van der Waals surface area contributed by atoms with E-state index in [4.69, 9.17) is 9.47 Å². The molecule has 0 aliphatic heterocycles. The van der Waals surface area contributed by atoms with Crippen LogP contribution in [0.3, 0.4) is 0 Å². The van der Waals surface area contributed by atoms with Crippen LogP contribution in [-0.2, 0) is 19.1 Å². The fourth-order valence-corrected chi connectivity index (χ4v) is 1.80. The van der Waals surface area contributed by atoms with Crippen molar-refractivity contribution >= 4 is 11.9 Å². The van der Waals surface area contributed by atoms with Crippen LogP contribution in [0.15, 0.2) is 11.1 Å². The summed E-state index contributed by atoms with van der Waals surface area (Å²) >= 11 is 0. The maximum Gasteiger partial charge on any atom is 0.334 e. The van der Waals surface area contributed by atoms with Gasteiger partial charge in [0.15, 0.2) is 0 Å². The Hall–Kier alpha value is -1.32. The Bertz CT molecular complexity index is 378. The molecule has 0 bridgehead atoms. The van der Waals surface area contributed by atoms with Gasteiger partial charge in [-0.2, -0.15) is 0 Å². The SMILES string of the molecule is CC/C(C(=O)OCC(C)C)=C(/C(=O)OCC(C)C)C(C)C. The van der Waals surface area contributed by atoms with Gasteiger partial charge in [-0.1, -0.05) is 48.5 Å². The summed E-state index contributed by atoms with van der Waals surface area (Å²) in [5.41, 5.74) is 0.867. The summed E-state index contributed by atoms with van der Waals surface area (Å²) < 4.78 is 10.5. The molecule has 0 spiro atoms. The molecule has 0 aromatic rings. The molecule has 0 aliphatic carbocycles. The third kappa shape index (κ3) is 7.30. The lowest BCUT2D eigenvalue weighted by atomic mass is 9.95. The number of esters is 2. The molecule has 0 fully saturated rings. The van der Waals surface area contributed by atoms with Crippen LogP contribution in [0.1, 0.15) is 54.9 Å². The fourth-order valence-electron chi connectivity index (χ4n) is 1.80. The minimum absolute atomic E-state index is 0.0776. The first-order chi connectivity index (χ1) is 9.70. The average Bonchev–Trinajstić information content (AvgIpc) is 2.38. The van der Waals surface area contributed by atoms with Gasteiger partial charge in [-0.15, -0.1) is 0 Å². The van der Waals surface area contributed by atoms with Crippen molar-refractivity contribution in [3.05, 3.63) is 11.1 Å². The highest BCUT2D eigenvalue weighted by Crippen LogP contribution is 2.21. The quantitative estimate of drug-likeness (QED) is 0.506. The average molecular weight is 298 g/mol. The molecule has 0 aliphatic rings. The summed E-state index contributed by atoms with van der Waals surface area (Å²) in [6.07, 6.45) is 0.460. The summed E-state index contributed by atoms with van der Waals surface area (Å²) in [6, 6.07) is 0. The van der Waals surface area contributed by atoms with Gasteiger partial charge in [-0.3, -0.25) is 0 Å². The van der Waals surface area contributed by atoms with E-state index in [1.165, 1.54) is 0 Å². The fraction of sp³-hybridized carbons (Fsp3) is 0.765. The molecule has 0 radical (unpaired) electrons. The van der Waals surface area contributed by atoms with E-state index < -0.39 is 11.9 Å². The number of rotatable bonds is 8. The molecule has 0 heterocycles. The zero-order valence-corrected chi connectivity index (χ0v) is 14.5. The third-order valence-corrected chi connectivity index (χ3v) is 2.82. The smallest absolute Gasteiger partial charge is 0.334 e. The lowest BCUT2D eigenvalue weighted by molar-refractivity contribution is -0.143. The van der Waals surface area contributed by atoms with E-state index in [0.29, 0.717) is 30.8 Å². The number of carbonyl (C=O) groups is 2. The number of carbonyl (C=O) groups excluding carboxylic acids is 2. The third-order valence-electron chi connectivity index (χ3n) is 2.82. The van der Waals surface area contributed by atoms with Crippen molar-refractivity contribution in [2.24, 2.45) is 17.8 Å². The first-order valence-electron chi connectivity index (χ1n) is 7.77. The molecular formula is C17H30O4. The summed E-state index contributed by atoms with van der Waals surface area (Å²) in [7, 11) is 0. The monoisotopic (exact) mass is 298 g/mol. The number of hydrogen-bond acceptors (Lipinski definition) is 4. The first-order valence-corrected chi connectivity index (χ1v) is 7.77. The largest absolute Gasteiger partial charge is 0.462 e. The molecule has 0 aromatic heterocycles. The molecule has 21 heavy (non-hydrogen) atoms. The van der Waals surface area contributed by atoms with Crippen molar-refractivity contribution in [3.8, 4) is 0 Å². The van der Waals surface area contributed by atoms with Crippen LogP contribution in [-0.4, -0.2) is 25.2 Å². The lowest BCUT2D eigenvalue weighted by Gasteiger charge is -2.17. The number of hydrogen-bond donors (Lipinski definition) is 0. The van der Waals surface area contributed by atoms with E-state index >= 15 is 0 Å². The first kappa shape index (κ1) is 19.7. The molecule has 0 N–H and O–H groups in total. The molecule has 0 saturated heterocycles. The zero-order valence-electron chi connectivity index (χ0n) is 14.5. The van der Waals surface area contributed by atoms with Crippen LogP contribution < -0.4 is 0 Å². The Balaban J connectivity index is 5.21. The van der Waals surface area contributed by atoms with E-state index in [1.807, 2.05) is 48.5 Å². The predicted octanol–water partition coefficient (Wildman–Crippen LogP) is 3.75. The van der Waals surface area contributed by atoms with E-state index in [-0.39, 0.29) is 17.8 Å². The van der Waals surface area contributed by atoms with Gasteiger partial charge in [0.25, 0.3) is 0 Å². The highest BCUT2D eigenvalue weighted by Gasteiger charge is 2.25. The molecule has 4 heteroatoms. The molecule has 0 unspecified atom stereocenters. The second-order valence-electron chi connectivity index (χ2n) is 6.39. The van der Waals surface area contributed by atoms with Crippen molar-refractivity contribution in [3.63, 3.8) is 0 Å². The highest BCUT2D eigenvalue weighted by molar-refractivity contribution is 6.00. The normalized spacial score (nSPS) is 12.7. The molecule has 0 atom stereocenters. The summed E-state index contributed by atoms with van der Waals surface area (Å²) in [5, 5.41) is 0. The van der Waals surface area contributed by atoms with Gasteiger partial charge >= 0.3 is 11.9 Å². The lowest BCUT2D eigenvalue weighted by Crippen LogP contribution is -2.22. The minimum atomic E-state index is -0.406. The van der Waals surface area contributed by atoms with Gasteiger partial charge in [0.2, 0.25) is 0 Å². The van der Waals surface area contributed by atoms with Crippen LogP contribution in [0.5, 0.6) is 0 Å².